The molecule has 0 radical (unpaired) electrons. The second-order valence-corrected chi connectivity index (χ2v) is 7.45. The van der Waals surface area contributed by atoms with E-state index in [1.54, 1.807) is 14.0 Å². The van der Waals surface area contributed by atoms with Crippen molar-refractivity contribution in [1.82, 2.24) is 10.4 Å². The number of hydrogen-bond donors (Lipinski definition) is 4. The fraction of sp³-hybridized carbons (Fsp3) is 0.917. The van der Waals surface area contributed by atoms with Crippen molar-refractivity contribution in [1.29, 1.82) is 0 Å². The van der Waals surface area contributed by atoms with E-state index in [9.17, 15) is 4.79 Å². The molecule has 1 fully saturated rings. The summed E-state index contributed by atoms with van der Waals surface area (Å²) in [5, 5.41) is 5.06. The Morgan fingerprint density at radius 3 is 1.77 bits per heavy atom. The first-order chi connectivity index (χ1) is 9.19. The van der Waals surface area contributed by atoms with E-state index in [1.807, 2.05) is 5.06 Å². The van der Waals surface area contributed by atoms with Crippen LogP contribution in [-0.4, -0.2) is 49.9 Å². The molecule has 1 amide bonds. The van der Waals surface area contributed by atoms with E-state index in [0.717, 1.165) is 12.8 Å². The van der Waals surface area contributed by atoms with E-state index in [-0.39, 0.29) is 75.8 Å². The van der Waals surface area contributed by atoms with Crippen LogP contribution in [-0.2, 0) is 14.2 Å². The van der Waals surface area contributed by atoms with E-state index < -0.39 is 7.82 Å². The summed E-state index contributed by atoms with van der Waals surface area (Å²) in [7, 11) is -2.93. The zero-order chi connectivity index (χ0) is 17.1. The second-order valence-electron chi connectivity index (χ2n) is 6.42. The summed E-state index contributed by atoms with van der Waals surface area (Å²) in [5.74, 6) is 0.0440. The van der Waals surface area contributed by atoms with Crippen LogP contribution in [0.2, 0.25) is 0 Å². The van der Waals surface area contributed by atoms with E-state index in [0.29, 0.717) is 0 Å². The zero-order valence-electron chi connectivity index (χ0n) is 15.5. The predicted molar refractivity (Wildman–Crippen MR) is 79.2 cm³/mol. The third-order valence-electron chi connectivity index (χ3n) is 3.18. The molecule has 1 rings (SSSR count). The first kappa shape index (κ1) is 25.4. The van der Waals surface area contributed by atoms with Gasteiger partial charge in [-0.2, -0.15) is 5.06 Å². The Kier molecular flexibility index (Phi) is 11.0. The fourth-order valence-electron chi connectivity index (χ4n) is 3.15. The van der Waals surface area contributed by atoms with Crippen LogP contribution in [0.3, 0.4) is 0 Å². The molecule has 0 spiro atoms. The molecule has 0 aromatic carbocycles. The normalized spacial score (nSPS) is 21.1. The molecule has 1 aliphatic rings. The number of amides is 1. The molecule has 0 saturated carbocycles. The van der Waals surface area contributed by atoms with Crippen molar-refractivity contribution in [2.75, 3.05) is 7.11 Å². The van der Waals surface area contributed by atoms with Gasteiger partial charge < -0.3 is 26.3 Å². The molecule has 0 aliphatic carbocycles. The molecule has 4 N–H and O–H groups in total. The molecular formula is C12H28KN2O6P. The van der Waals surface area contributed by atoms with Crippen LogP contribution in [0.1, 0.15) is 48.9 Å². The van der Waals surface area contributed by atoms with Gasteiger partial charge >= 0.3 is 59.2 Å². The predicted octanol–water partition coefficient (Wildman–Crippen LogP) is -2.11. The monoisotopic (exact) mass is 366 g/mol. The minimum atomic E-state index is -4.64. The van der Waals surface area contributed by atoms with Crippen molar-refractivity contribution >= 4 is 13.7 Å². The second kappa shape index (κ2) is 9.58. The van der Waals surface area contributed by atoms with Crippen molar-refractivity contribution < 1.29 is 81.7 Å². The smallest absolute Gasteiger partial charge is 1.00 e. The molecule has 0 aromatic rings. The summed E-state index contributed by atoms with van der Waals surface area (Å²) in [4.78, 5) is 38.2. The maximum Gasteiger partial charge on any atom is 1.00 e. The van der Waals surface area contributed by atoms with Crippen LogP contribution in [0.25, 0.3) is 0 Å². The van der Waals surface area contributed by atoms with Crippen molar-refractivity contribution in [2.24, 2.45) is 0 Å². The van der Waals surface area contributed by atoms with Crippen molar-refractivity contribution in [3.05, 3.63) is 0 Å². The number of nitrogens with one attached hydrogen (secondary N) is 1. The number of rotatable bonds is 2. The molecule has 1 aliphatic heterocycles. The molecule has 0 atom stereocenters. The van der Waals surface area contributed by atoms with Crippen molar-refractivity contribution in [3.63, 3.8) is 0 Å². The summed E-state index contributed by atoms with van der Waals surface area (Å²) in [6, 6.07) is 0.230. The number of hydroxylamine groups is 2. The van der Waals surface area contributed by atoms with Gasteiger partial charge in [-0.05, 0) is 40.5 Å². The standard InChI is InChI=1S/C12H24N2O2.K.H3O4P.H/c1-9(15)13-10-7-11(2,3)14(16-6)12(4,5)8-10;;1-5(2,3)4;/h10H,7-8H2,1-6H3,(H,13,15);;(H3,1,2,3,4);/q;+1;;-1. The van der Waals surface area contributed by atoms with Crippen LogP contribution in [0.15, 0.2) is 0 Å². The van der Waals surface area contributed by atoms with E-state index >= 15 is 0 Å². The van der Waals surface area contributed by atoms with E-state index in [4.69, 9.17) is 24.1 Å². The van der Waals surface area contributed by atoms with Gasteiger partial charge in [0.1, 0.15) is 0 Å². The summed E-state index contributed by atoms with van der Waals surface area (Å²) >= 11 is 0. The average Bonchev–Trinajstić information content (AvgIpc) is 2.08. The van der Waals surface area contributed by atoms with Crippen LogP contribution < -0.4 is 56.7 Å². The third-order valence-corrected chi connectivity index (χ3v) is 3.18. The third kappa shape index (κ3) is 10.1. The number of phosphoric acid groups is 1. The van der Waals surface area contributed by atoms with E-state index in [2.05, 4.69) is 33.0 Å². The molecule has 1 saturated heterocycles. The van der Waals surface area contributed by atoms with Crippen LogP contribution in [0.5, 0.6) is 0 Å². The Morgan fingerprint density at radius 2 is 1.55 bits per heavy atom. The van der Waals surface area contributed by atoms with Gasteiger partial charge in [-0.25, -0.2) is 4.57 Å². The zero-order valence-corrected chi connectivity index (χ0v) is 18.5. The molecule has 22 heavy (non-hydrogen) atoms. The Balaban J connectivity index is -0.000000502. The first-order valence-electron chi connectivity index (χ1n) is 6.59. The van der Waals surface area contributed by atoms with Crippen LogP contribution in [0.4, 0.5) is 0 Å². The van der Waals surface area contributed by atoms with Gasteiger partial charge in [0.15, 0.2) is 0 Å². The van der Waals surface area contributed by atoms with Crippen LogP contribution in [0, 0.1) is 0 Å². The summed E-state index contributed by atoms with van der Waals surface area (Å²) in [6.07, 6.45) is 1.81. The Bertz CT molecular complexity index is 392. The average molecular weight is 366 g/mol. The van der Waals surface area contributed by atoms with Gasteiger partial charge in [0.25, 0.3) is 0 Å². The molecule has 0 aromatic heterocycles. The fourth-order valence-corrected chi connectivity index (χ4v) is 3.15. The minimum absolute atomic E-state index is 0. The summed E-state index contributed by atoms with van der Waals surface area (Å²) in [6.45, 7) is 10.2. The number of carbonyl (C=O) groups excluding carboxylic acids is 1. The number of nitrogens with zero attached hydrogens (tertiary/aromatic N) is 1. The van der Waals surface area contributed by atoms with E-state index in [1.165, 1.54) is 0 Å². The molecule has 10 heteroatoms. The van der Waals surface area contributed by atoms with Crippen LogP contribution >= 0.6 is 7.82 Å². The Morgan fingerprint density at radius 1 is 1.23 bits per heavy atom. The SMILES string of the molecule is CON1C(C)(C)CC(NC(C)=O)CC1(C)C.O=P(O)(O)O.[H-].[K+]. The number of piperidine rings is 1. The largest absolute Gasteiger partial charge is 1.00 e. The van der Waals surface area contributed by atoms with Crippen molar-refractivity contribution in [3.8, 4) is 0 Å². The topological polar surface area (TPSA) is 119 Å². The molecule has 1 heterocycles. The first-order valence-corrected chi connectivity index (χ1v) is 8.15. The van der Waals surface area contributed by atoms with Gasteiger partial charge in [0.2, 0.25) is 5.91 Å². The molecule has 0 unspecified atom stereocenters. The maximum atomic E-state index is 11.1. The van der Waals surface area contributed by atoms with Gasteiger partial charge in [-0.15, -0.1) is 0 Å². The summed E-state index contributed by atoms with van der Waals surface area (Å²) in [5.41, 5.74) is -0.132. The summed E-state index contributed by atoms with van der Waals surface area (Å²) < 4.78 is 8.88. The van der Waals surface area contributed by atoms with Crippen molar-refractivity contribution in [2.45, 2.75) is 64.6 Å². The number of carbonyl (C=O) groups is 1. The van der Waals surface area contributed by atoms with Gasteiger partial charge in [-0.3, -0.25) is 4.79 Å². The van der Waals surface area contributed by atoms with Gasteiger partial charge in [0, 0.05) is 24.0 Å². The van der Waals surface area contributed by atoms with Gasteiger partial charge in [-0.1, -0.05) is 0 Å². The molecule has 0 bridgehead atoms. The number of hydrogen-bond acceptors (Lipinski definition) is 4. The maximum absolute atomic E-state index is 11.1. The minimum Gasteiger partial charge on any atom is -1.00 e. The Hall–Kier alpha value is 1.14. The Labute approximate surface area is 176 Å². The quantitative estimate of drug-likeness (QED) is 0.326. The molecular weight excluding hydrogens is 338 g/mol. The molecule has 8 nitrogen and oxygen atoms in total. The molecule has 128 valence electrons. The van der Waals surface area contributed by atoms with Gasteiger partial charge in [0.05, 0.1) is 7.11 Å².